The number of carboxylic acid groups (broad SMARTS) is 4. The van der Waals surface area contributed by atoms with E-state index in [0.29, 0.717) is 23.5 Å². The minimum absolute atomic E-state index is 0.00869. The molecule has 10 nitrogen and oxygen atoms in total. The molecule has 0 bridgehead atoms. The SMILES string of the molecule is O=C(O)CC(Sc1nsc(SC(CC(=O)O)C(=O)O)n1)C(=O)O. The second-order valence-corrected chi connectivity index (χ2v) is 7.30. The molecule has 0 fully saturated rings. The van der Waals surface area contributed by atoms with Crippen LogP contribution in [0.1, 0.15) is 12.8 Å². The second kappa shape index (κ2) is 8.69. The third-order valence-electron chi connectivity index (χ3n) is 2.15. The van der Waals surface area contributed by atoms with E-state index in [9.17, 15) is 19.2 Å². The van der Waals surface area contributed by atoms with Gasteiger partial charge in [-0.1, -0.05) is 23.5 Å². The van der Waals surface area contributed by atoms with Crippen molar-refractivity contribution in [2.24, 2.45) is 0 Å². The molecule has 1 heterocycles. The van der Waals surface area contributed by atoms with E-state index in [-0.39, 0.29) is 9.50 Å². The molecule has 0 aliphatic rings. The maximum atomic E-state index is 11.0. The molecule has 126 valence electrons. The lowest BCUT2D eigenvalue weighted by atomic mass is 10.3. The second-order valence-electron chi connectivity index (χ2n) is 3.93. The van der Waals surface area contributed by atoms with Crippen LogP contribution in [0.25, 0.3) is 0 Å². The third kappa shape index (κ3) is 6.83. The Morgan fingerprint density at radius 3 is 1.83 bits per heavy atom. The lowest BCUT2D eigenvalue weighted by Gasteiger charge is -2.06. The first-order valence-corrected chi connectivity index (χ1v) is 8.28. The lowest BCUT2D eigenvalue weighted by molar-refractivity contribution is -0.142. The number of hydrogen-bond donors (Lipinski definition) is 4. The molecule has 1 aromatic heterocycles. The molecule has 0 saturated carbocycles. The smallest absolute Gasteiger partial charge is 0.317 e. The van der Waals surface area contributed by atoms with Crippen LogP contribution in [0.2, 0.25) is 0 Å². The average molecular weight is 382 g/mol. The van der Waals surface area contributed by atoms with Crippen LogP contribution in [0, 0.1) is 0 Å². The highest BCUT2D eigenvalue weighted by Crippen LogP contribution is 2.31. The molecular formula is C10H10N2O8S3. The molecule has 0 amide bonds. The Hall–Kier alpha value is -1.86. The van der Waals surface area contributed by atoms with E-state index >= 15 is 0 Å². The fourth-order valence-corrected chi connectivity index (χ4v) is 4.01. The highest BCUT2D eigenvalue weighted by atomic mass is 32.2. The highest BCUT2D eigenvalue weighted by molar-refractivity contribution is 8.02. The summed E-state index contributed by atoms with van der Waals surface area (Å²) in [6.07, 6.45) is -1.24. The van der Waals surface area contributed by atoms with Crippen molar-refractivity contribution in [3.8, 4) is 0 Å². The summed E-state index contributed by atoms with van der Waals surface area (Å²) in [6.45, 7) is 0. The van der Waals surface area contributed by atoms with Gasteiger partial charge < -0.3 is 20.4 Å². The fourth-order valence-electron chi connectivity index (χ4n) is 1.22. The van der Waals surface area contributed by atoms with Gasteiger partial charge in [0, 0.05) is 0 Å². The van der Waals surface area contributed by atoms with Crippen molar-refractivity contribution >= 4 is 58.9 Å². The van der Waals surface area contributed by atoms with Crippen LogP contribution in [0.4, 0.5) is 0 Å². The molecule has 0 radical (unpaired) electrons. The standard InChI is InChI=1S/C10H10N2O8S3/c13-5(14)1-3(7(17)18)21-9-11-10(23-12-9)22-4(8(19)20)2-6(15)16/h3-4H,1-2H2,(H,13,14)(H,15,16)(H,17,18)(H,19,20). The number of aliphatic carboxylic acids is 4. The zero-order valence-corrected chi connectivity index (χ0v) is 13.6. The van der Waals surface area contributed by atoms with Crippen LogP contribution in [0.15, 0.2) is 9.50 Å². The molecular weight excluding hydrogens is 372 g/mol. The number of carboxylic acids is 4. The van der Waals surface area contributed by atoms with Crippen LogP contribution in [0.3, 0.4) is 0 Å². The van der Waals surface area contributed by atoms with E-state index in [4.69, 9.17) is 20.4 Å². The Bertz CT molecular complexity index is 569. The van der Waals surface area contributed by atoms with Crippen molar-refractivity contribution < 1.29 is 39.6 Å². The van der Waals surface area contributed by atoms with Gasteiger partial charge in [0.05, 0.1) is 12.8 Å². The van der Waals surface area contributed by atoms with E-state index in [1.807, 2.05) is 0 Å². The van der Waals surface area contributed by atoms with Gasteiger partial charge in [0.1, 0.15) is 10.5 Å². The molecule has 1 aromatic rings. The van der Waals surface area contributed by atoms with Gasteiger partial charge >= 0.3 is 23.9 Å². The van der Waals surface area contributed by atoms with Gasteiger partial charge in [-0.05, 0) is 11.5 Å². The summed E-state index contributed by atoms with van der Waals surface area (Å²) >= 11 is 2.09. The quantitative estimate of drug-likeness (QED) is 0.415. The molecule has 0 aliphatic heterocycles. The van der Waals surface area contributed by atoms with Crippen molar-refractivity contribution in [2.45, 2.75) is 32.8 Å². The van der Waals surface area contributed by atoms with Crippen molar-refractivity contribution in [1.29, 1.82) is 0 Å². The summed E-state index contributed by atoms with van der Waals surface area (Å²) < 4.78 is 3.97. The maximum absolute atomic E-state index is 11.0. The highest BCUT2D eigenvalue weighted by Gasteiger charge is 2.27. The number of thioether (sulfide) groups is 2. The summed E-state index contributed by atoms with van der Waals surface area (Å²) in [5, 5.41) is 32.6. The number of rotatable bonds is 10. The predicted octanol–water partition coefficient (Wildman–Crippen LogP) is 0.578. The van der Waals surface area contributed by atoms with Crippen LogP contribution in [-0.2, 0) is 19.2 Å². The Labute approximate surface area is 141 Å². The summed E-state index contributed by atoms with van der Waals surface area (Å²) in [6, 6.07) is 0. The topological polar surface area (TPSA) is 175 Å². The first kappa shape index (κ1) is 19.2. The number of carbonyl (C=O) groups is 4. The van der Waals surface area contributed by atoms with Gasteiger partial charge in [-0.2, -0.15) is 4.37 Å². The largest absolute Gasteiger partial charge is 0.481 e. The molecule has 13 heteroatoms. The van der Waals surface area contributed by atoms with E-state index < -0.39 is 47.2 Å². The lowest BCUT2D eigenvalue weighted by Crippen LogP contribution is -2.20. The number of nitrogens with zero attached hydrogens (tertiary/aromatic N) is 2. The van der Waals surface area contributed by atoms with Gasteiger partial charge in [-0.15, -0.1) is 0 Å². The Morgan fingerprint density at radius 1 is 0.913 bits per heavy atom. The molecule has 2 atom stereocenters. The van der Waals surface area contributed by atoms with Crippen LogP contribution in [0.5, 0.6) is 0 Å². The number of hydrogen-bond acceptors (Lipinski definition) is 9. The Morgan fingerprint density at radius 2 is 1.39 bits per heavy atom. The molecule has 23 heavy (non-hydrogen) atoms. The predicted molar refractivity (Wildman–Crippen MR) is 79.0 cm³/mol. The summed E-state index contributed by atoms with van der Waals surface area (Å²) in [5.41, 5.74) is 0. The number of aromatic nitrogens is 2. The van der Waals surface area contributed by atoms with Gasteiger partial charge in [-0.25, -0.2) is 4.98 Å². The zero-order valence-electron chi connectivity index (χ0n) is 11.1. The van der Waals surface area contributed by atoms with Crippen molar-refractivity contribution in [3.63, 3.8) is 0 Å². The fraction of sp³-hybridized carbons (Fsp3) is 0.400. The zero-order chi connectivity index (χ0) is 17.6. The molecule has 0 saturated heterocycles. The molecule has 0 aromatic carbocycles. The van der Waals surface area contributed by atoms with E-state index in [0.717, 1.165) is 11.5 Å². The minimum atomic E-state index is -1.34. The Balaban J connectivity index is 2.76. The van der Waals surface area contributed by atoms with Gasteiger partial charge in [-0.3, -0.25) is 19.2 Å². The third-order valence-corrected chi connectivity index (χ3v) is 5.28. The van der Waals surface area contributed by atoms with Crippen LogP contribution < -0.4 is 0 Å². The van der Waals surface area contributed by atoms with Crippen molar-refractivity contribution in [2.75, 3.05) is 0 Å². The van der Waals surface area contributed by atoms with E-state index in [2.05, 4.69) is 9.36 Å². The summed E-state index contributed by atoms with van der Waals surface area (Å²) in [5.74, 6) is -5.23. The monoisotopic (exact) mass is 382 g/mol. The van der Waals surface area contributed by atoms with Gasteiger partial charge in [0.2, 0.25) is 5.16 Å². The molecule has 0 aliphatic carbocycles. The van der Waals surface area contributed by atoms with Crippen molar-refractivity contribution in [3.05, 3.63) is 0 Å². The minimum Gasteiger partial charge on any atom is -0.481 e. The average Bonchev–Trinajstić information content (AvgIpc) is 2.83. The summed E-state index contributed by atoms with van der Waals surface area (Å²) in [7, 11) is 0. The summed E-state index contributed by atoms with van der Waals surface area (Å²) in [4.78, 5) is 47.0. The first-order chi connectivity index (χ1) is 10.7. The Kier molecular flexibility index (Phi) is 7.25. The maximum Gasteiger partial charge on any atom is 0.317 e. The van der Waals surface area contributed by atoms with Gasteiger partial charge in [0.15, 0.2) is 4.34 Å². The van der Waals surface area contributed by atoms with Crippen molar-refractivity contribution in [1.82, 2.24) is 9.36 Å². The van der Waals surface area contributed by atoms with Crippen LogP contribution in [-0.4, -0.2) is 64.2 Å². The van der Waals surface area contributed by atoms with Gasteiger partial charge in [0.25, 0.3) is 0 Å². The normalized spacial score (nSPS) is 13.2. The first-order valence-electron chi connectivity index (χ1n) is 5.75. The molecule has 0 spiro atoms. The van der Waals surface area contributed by atoms with E-state index in [1.165, 1.54) is 0 Å². The molecule has 1 rings (SSSR count). The molecule has 4 N–H and O–H groups in total. The van der Waals surface area contributed by atoms with E-state index in [1.54, 1.807) is 0 Å². The molecule has 2 unspecified atom stereocenters. The van der Waals surface area contributed by atoms with Crippen LogP contribution >= 0.6 is 35.1 Å².